The molecule has 290 valence electrons. The number of rotatable bonds is 18. The highest BCUT2D eigenvalue weighted by Gasteiger charge is 2.38. The largest absolute Gasteiger partial charge is 0.467 e. The molecule has 2 aromatic carbocycles. The quantitative estimate of drug-likeness (QED) is 0.0721. The Labute approximate surface area is 314 Å². The number of hydrogen-bond acceptors (Lipinski definition) is 8. The van der Waals surface area contributed by atoms with Gasteiger partial charge in [0.1, 0.15) is 24.3 Å². The molecule has 1 heterocycles. The summed E-state index contributed by atoms with van der Waals surface area (Å²) in [5, 5.41) is 8.47. The first-order valence-corrected chi connectivity index (χ1v) is 18.6. The van der Waals surface area contributed by atoms with Gasteiger partial charge in [-0.3, -0.25) is 9.59 Å². The van der Waals surface area contributed by atoms with Gasteiger partial charge in [-0.1, -0.05) is 86.7 Å². The summed E-state index contributed by atoms with van der Waals surface area (Å²) in [5.41, 5.74) is 1.18. The second kappa shape index (κ2) is 21.6. The summed E-state index contributed by atoms with van der Waals surface area (Å²) in [4.78, 5) is 67.0. The molecule has 2 unspecified atom stereocenters. The summed E-state index contributed by atoms with van der Waals surface area (Å²) in [6, 6.07) is 17.0. The number of benzene rings is 2. The van der Waals surface area contributed by atoms with Crippen molar-refractivity contribution >= 4 is 30.0 Å². The number of ether oxygens (including phenoxy) is 3. The van der Waals surface area contributed by atoms with Crippen molar-refractivity contribution in [1.82, 2.24) is 20.9 Å². The molecule has 0 saturated carbocycles. The van der Waals surface area contributed by atoms with Gasteiger partial charge in [0.25, 0.3) is 0 Å². The molecule has 4 amide bonds. The molecule has 2 aromatic rings. The first kappa shape index (κ1) is 42.5. The second-order valence-corrected chi connectivity index (χ2v) is 14.8. The highest BCUT2D eigenvalue weighted by Crippen LogP contribution is 2.24. The maximum absolute atomic E-state index is 14.3. The van der Waals surface area contributed by atoms with Gasteiger partial charge in [-0.25, -0.2) is 14.4 Å². The molecule has 1 saturated heterocycles. The van der Waals surface area contributed by atoms with Gasteiger partial charge >= 0.3 is 18.2 Å². The molecular formula is C41H58N4O8. The van der Waals surface area contributed by atoms with E-state index in [1.54, 1.807) is 25.7 Å². The SMILES string of the molecule is COC(=O)C(CCCCNC(=O)OCc1ccccc1)NC(=O)C1CCCN1C(=O)[C@H](/C=C/[C@H](CC(C)C)NC(=O)OC(C)(C)C)Cc1ccccc1. The number of nitrogens with zero attached hydrogens (tertiary/aromatic N) is 1. The van der Waals surface area contributed by atoms with Gasteiger partial charge in [0.05, 0.1) is 19.1 Å². The number of esters is 1. The molecule has 0 aliphatic carbocycles. The highest BCUT2D eigenvalue weighted by atomic mass is 16.6. The molecule has 0 spiro atoms. The predicted octanol–water partition coefficient (Wildman–Crippen LogP) is 6.09. The molecule has 53 heavy (non-hydrogen) atoms. The van der Waals surface area contributed by atoms with E-state index in [0.717, 1.165) is 11.1 Å². The first-order valence-electron chi connectivity index (χ1n) is 18.6. The number of nitrogens with one attached hydrogen (secondary N) is 3. The van der Waals surface area contributed by atoms with Crippen molar-refractivity contribution in [3.05, 3.63) is 83.9 Å². The Kier molecular flexibility index (Phi) is 17.3. The minimum Gasteiger partial charge on any atom is -0.467 e. The van der Waals surface area contributed by atoms with Crippen molar-refractivity contribution in [2.75, 3.05) is 20.2 Å². The number of carbonyl (C=O) groups is 5. The predicted molar refractivity (Wildman–Crippen MR) is 203 cm³/mol. The van der Waals surface area contributed by atoms with E-state index in [9.17, 15) is 24.0 Å². The fourth-order valence-electron chi connectivity index (χ4n) is 6.14. The Hall–Kier alpha value is -4.87. The van der Waals surface area contributed by atoms with Crippen molar-refractivity contribution in [2.24, 2.45) is 11.8 Å². The van der Waals surface area contributed by atoms with Crippen LogP contribution in [0.25, 0.3) is 0 Å². The molecule has 3 rings (SSSR count). The third-order valence-corrected chi connectivity index (χ3v) is 8.66. The molecule has 1 fully saturated rings. The van der Waals surface area contributed by atoms with Crippen LogP contribution < -0.4 is 16.0 Å². The van der Waals surface area contributed by atoms with Crippen LogP contribution in [-0.4, -0.2) is 78.8 Å². The summed E-state index contributed by atoms with van der Waals surface area (Å²) in [6.07, 6.45) is 6.11. The van der Waals surface area contributed by atoms with Crippen molar-refractivity contribution in [3.63, 3.8) is 0 Å². The lowest BCUT2D eigenvalue weighted by atomic mass is 9.95. The number of hydrogen-bond donors (Lipinski definition) is 3. The molecule has 0 bridgehead atoms. The first-order chi connectivity index (χ1) is 25.3. The van der Waals surface area contributed by atoms with Crippen molar-refractivity contribution in [2.45, 2.75) is 110 Å². The third kappa shape index (κ3) is 15.7. The van der Waals surface area contributed by atoms with Gasteiger partial charge in [-0.15, -0.1) is 0 Å². The Morgan fingerprint density at radius 3 is 2.17 bits per heavy atom. The van der Waals surface area contributed by atoms with Crippen LogP contribution >= 0.6 is 0 Å². The van der Waals surface area contributed by atoms with Crippen molar-refractivity contribution < 1.29 is 38.2 Å². The number of unbranched alkanes of at least 4 members (excludes halogenated alkanes) is 1. The van der Waals surface area contributed by atoms with Gasteiger partial charge in [0.15, 0.2) is 0 Å². The van der Waals surface area contributed by atoms with E-state index in [2.05, 4.69) is 29.8 Å². The van der Waals surface area contributed by atoms with E-state index < -0.39 is 47.7 Å². The fraction of sp³-hybridized carbons (Fsp3) is 0.537. The Morgan fingerprint density at radius 2 is 1.55 bits per heavy atom. The minimum atomic E-state index is -0.911. The van der Waals surface area contributed by atoms with E-state index in [1.807, 2.05) is 72.8 Å². The lowest BCUT2D eigenvalue weighted by Crippen LogP contribution is -2.52. The van der Waals surface area contributed by atoms with E-state index in [1.165, 1.54) is 7.11 Å². The van der Waals surface area contributed by atoms with Crippen LogP contribution in [0.15, 0.2) is 72.8 Å². The van der Waals surface area contributed by atoms with Crippen LogP contribution in [0.4, 0.5) is 9.59 Å². The second-order valence-electron chi connectivity index (χ2n) is 14.8. The van der Waals surface area contributed by atoms with E-state index in [-0.39, 0.29) is 24.5 Å². The average molecular weight is 735 g/mol. The van der Waals surface area contributed by atoms with Crippen LogP contribution in [0, 0.1) is 11.8 Å². The minimum absolute atomic E-state index is 0.164. The Balaban J connectivity index is 1.64. The summed E-state index contributed by atoms with van der Waals surface area (Å²) in [6.45, 7) is 10.4. The number of amides is 4. The number of likely N-dealkylation sites (tertiary alicyclic amines) is 1. The Morgan fingerprint density at radius 1 is 0.887 bits per heavy atom. The lowest BCUT2D eigenvalue weighted by Gasteiger charge is -2.29. The molecule has 12 nitrogen and oxygen atoms in total. The topological polar surface area (TPSA) is 152 Å². The van der Waals surface area contributed by atoms with Crippen LogP contribution in [0.3, 0.4) is 0 Å². The summed E-state index contributed by atoms with van der Waals surface area (Å²) in [7, 11) is 1.27. The van der Waals surface area contributed by atoms with Crippen molar-refractivity contribution in [1.29, 1.82) is 0 Å². The molecular weight excluding hydrogens is 676 g/mol. The van der Waals surface area contributed by atoms with E-state index in [4.69, 9.17) is 14.2 Å². The molecule has 1 aliphatic heterocycles. The van der Waals surface area contributed by atoms with Crippen LogP contribution in [0.1, 0.15) is 84.3 Å². The molecule has 3 N–H and O–H groups in total. The zero-order valence-electron chi connectivity index (χ0n) is 32.1. The van der Waals surface area contributed by atoms with Crippen LogP contribution in [0.5, 0.6) is 0 Å². The lowest BCUT2D eigenvalue weighted by molar-refractivity contribution is -0.146. The monoisotopic (exact) mass is 734 g/mol. The maximum Gasteiger partial charge on any atom is 0.408 e. The standard InChI is InChI=1S/C41H58N4O8/c1-29(2)26-33(43-40(50)53-41(3,4)5)23-22-32(27-30-16-9-7-10-17-30)37(47)45-25-15-21-35(45)36(46)44-34(38(48)51-6)20-13-14-24-42-39(49)52-28-31-18-11-8-12-19-31/h7-12,16-19,22-23,29,32-35H,13-15,20-21,24-28H2,1-6H3,(H,42,49)(H,43,50)(H,44,46)/b23-22+/t32-,33-,34?,35?/m1/s1. The summed E-state index contributed by atoms with van der Waals surface area (Å²) in [5.74, 6) is -1.55. The van der Waals surface area contributed by atoms with Crippen molar-refractivity contribution in [3.8, 4) is 0 Å². The zero-order valence-corrected chi connectivity index (χ0v) is 32.1. The number of alkyl carbamates (subject to hydrolysis) is 2. The normalized spacial score (nSPS) is 16.1. The zero-order chi connectivity index (χ0) is 38.8. The summed E-state index contributed by atoms with van der Waals surface area (Å²) >= 11 is 0. The fourth-order valence-corrected chi connectivity index (χ4v) is 6.14. The number of methoxy groups -OCH3 is 1. The third-order valence-electron chi connectivity index (χ3n) is 8.66. The number of carbonyl (C=O) groups excluding carboxylic acids is 5. The molecule has 12 heteroatoms. The molecule has 1 aliphatic rings. The van der Waals surface area contributed by atoms with Gasteiger partial charge < -0.3 is 35.1 Å². The molecule has 4 atom stereocenters. The van der Waals surface area contributed by atoms with E-state index >= 15 is 0 Å². The smallest absolute Gasteiger partial charge is 0.408 e. The van der Waals surface area contributed by atoms with Crippen LogP contribution in [0.2, 0.25) is 0 Å². The van der Waals surface area contributed by atoms with Gasteiger partial charge in [-0.2, -0.15) is 0 Å². The maximum atomic E-state index is 14.3. The summed E-state index contributed by atoms with van der Waals surface area (Å²) < 4.78 is 15.7. The van der Waals surface area contributed by atoms with Gasteiger partial charge in [0, 0.05) is 13.1 Å². The van der Waals surface area contributed by atoms with Gasteiger partial charge in [0.2, 0.25) is 11.8 Å². The molecule has 0 radical (unpaired) electrons. The van der Waals surface area contributed by atoms with Crippen LogP contribution in [-0.2, 0) is 41.6 Å². The average Bonchev–Trinajstić information content (AvgIpc) is 3.61. The van der Waals surface area contributed by atoms with Gasteiger partial charge in [-0.05, 0) is 82.8 Å². The van der Waals surface area contributed by atoms with E-state index in [0.29, 0.717) is 58.0 Å². The Bertz CT molecular complexity index is 1490. The highest BCUT2D eigenvalue weighted by molar-refractivity contribution is 5.92. The molecule has 0 aromatic heterocycles.